The van der Waals surface area contributed by atoms with Gasteiger partial charge in [-0.15, -0.1) is 0 Å². The number of rotatable bonds is 1. The number of carbonyl (C=O) groups excluding carboxylic acids is 1. The number of benzene rings is 2. The van der Waals surface area contributed by atoms with E-state index in [2.05, 4.69) is 41.2 Å². The van der Waals surface area contributed by atoms with Crippen molar-refractivity contribution in [2.24, 2.45) is 0 Å². The molecule has 3 aromatic rings. The Morgan fingerprint density at radius 1 is 1.17 bits per heavy atom. The average Bonchev–Trinajstić information content (AvgIpc) is 3.12. The second kappa shape index (κ2) is 6.35. The van der Waals surface area contributed by atoms with Crippen LogP contribution < -0.4 is 10.2 Å². The van der Waals surface area contributed by atoms with Gasteiger partial charge in [0.05, 0.1) is 27.9 Å². The van der Waals surface area contributed by atoms with Crippen LogP contribution in [0.2, 0.25) is 5.02 Å². The number of piperazine rings is 1. The zero-order chi connectivity index (χ0) is 20.3. The number of ketones is 1. The van der Waals surface area contributed by atoms with Gasteiger partial charge in [0.25, 0.3) is 0 Å². The Bertz CT molecular complexity index is 1210. The second-order valence-electron chi connectivity index (χ2n) is 8.29. The number of aromatic amines is 1. The highest BCUT2D eigenvalue weighted by molar-refractivity contribution is 6.34. The van der Waals surface area contributed by atoms with Crippen LogP contribution in [0.25, 0.3) is 10.9 Å². The van der Waals surface area contributed by atoms with Gasteiger partial charge >= 0.3 is 0 Å². The minimum absolute atomic E-state index is 0.0148. The third kappa shape index (κ3) is 2.60. The first-order chi connectivity index (χ1) is 13.9. The maximum Gasteiger partial charge on any atom is 0.195 e. The summed E-state index contributed by atoms with van der Waals surface area (Å²) in [5.74, 6) is -0.0148. The molecule has 1 aromatic heterocycles. The van der Waals surface area contributed by atoms with Crippen molar-refractivity contribution in [1.29, 1.82) is 5.26 Å². The molecule has 0 bridgehead atoms. The summed E-state index contributed by atoms with van der Waals surface area (Å²) in [6.45, 7) is 7.88. The van der Waals surface area contributed by atoms with E-state index in [4.69, 9.17) is 11.6 Å². The van der Waals surface area contributed by atoms with Gasteiger partial charge in [-0.3, -0.25) is 4.79 Å². The van der Waals surface area contributed by atoms with Crippen LogP contribution in [-0.4, -0.2) is 36.9 Å². The van der Waals surface area contributed by atoms with Gasteiger partial charge in [-0.1, -0.05) is 31.5 Å². The Hall–Kier alpha value is -2.81. The van der Waals surface area contributed by atoms with E-state index in [1.54, 1.807) is 12.1 Å². The lowest BCUT2D eigenvalue weighted by Gasteiger charge is -2.35. The van der Waals surface area contributed by atoms with Crippen LogP contribution in [0, 0.1) is 11.3 Å². The first kappa shape index (κ1) is 18.2. The highest BCUT2D eigenvalue weighted by atomic mass is 35.5. The molecule has 146 valence electrons. The van der Waals surface area contributed by atoms with Crippen molar-refractivity contribution in [2.45, 2.75) is 19.3 Å². The van der Waals surface area contributed by atoms with Gasteiger partial charge in [-0.05, 0) is 29.8 Å². The van der Waals surface area contributed by atoms with E-state index in [9.17, 15) is 10.1 Å². The number of halogens is 1. The molecule has 0 spiro atoms. The van der Waals surface area contributed by atoms with Gasteiger partial charge in [-0.25, -0.2) is 0 Å². The summed E-state index contributed by atoms with van der Waals surface area (Å²) in [5.41, 5.74) is 5.22. The van der Waals surface area contributed by atoms with Crippen molar-refractivity contribution < 1.29 is 4.79 Å². The largest absolute Gasteiger partial charge is 0.368 e. The molecular formula is C23H21ClN4O. The number of hydrogen-bond acceptors (Lipinski definition) is 4. The Kier molecular flexibility index (Phi) is 3.99. The molecule has 5 rings (SSSR count). The lowest BCUT2D eigenvalue weighted by atomic mass is 9.71. The van der Waals surface area contributed by atoms with Crippen molar-refractivity contribution in [3.05, 3.63) is 63.3 Å². The Labute approximate surface area is 174 Å². The summed E-state index contributed by atoms with van der Waals surface area (Å²) in [7, 11) is 0. The number of H-pyrrole nitrogens is 1. The number of hydrogen-bond donors (Lipinski definition) is 2. The molecule has 0 saturated carbocycles. The molecule has 2 N–H and O–H groups in total. The second-order valence-corrected chi connectivity index (χ2v) is 8.69. The van der Waals surface area contributed by atoms with Crippen LogP contribution in [0.3, 0.4) is 0 Å². The smallest absolute Gasteiger partial charge is 0.195 e. The number of fused-ring (bicyclic) bond motifs is 4. The molecule has 0 radical (unpaired) electrons. The monoisotopic (exact) mass is 404 g/mol. The number of nitrogens with zero attached hydrogens (tertiary/aromatic N) is 2. The van der Waals surface area contributed by atoms with Crippen molar-refractivity contribution in [1.82, 2.24) is 10.3 Å². The summed E-state index contributed by atoms with van der Waals surface area (Å²) in [4.78, 5) is 19.2. The summed E-state index contributed by atoms with van der Waals surface area (Å²) in [6.07, 6.45) is 0. The highest BCUT2D eigenvalue weighted by Gasteiger charge is 2.40. The molecule has 2 heterocycles. The van der Waals surface area contributed by atoms with Crippen LogP contribution >= 0.6 is 11.6 Å². The van der Waals surface area contributed by atoms with Gasteiger partial charge in [0.1, 0.15) is 0 Å². The minimum atomic E-state index is -0.391. The molecule has 6 heteroatoms. The molecule has 1 aliphatic heterocycles. The predicted molar refractivity (Wildman–Crippen MR) is 115 cm³/mol. The third-order valence-corrected chi connectivity index (χ3v) is 6.55. The number of nitriles is 1. The quantitative estimate of drug-likeness (QED) is 0.643. The molecule has 0 unspecified atom stereocenters. The fourth-order valence-electron chi connectivity index (χ4n) is 4.66. The van der Waals surface area contributed by atoms with Crippen LogP contribution in [0.15, 0.2) is 30.3 Å². The van der Waals surface area contributed by atoms with E-state index < -0.39 is 5.41 Å². The highest BCUT2D eigenvalue weighted by Crippen LogP contribution is 2.46. The van der Waals surface area contributed by atoms with E-state index in [0.29, 0.717) is 21.7 Å². The van der Waals surface area contributed by atoms with E-state index in [-0.39, 0.29) is 5.78 Å². The summed E-state index contributed by atoms with van der Waals surface area (Å²) >= 11 is 6.65. The zero-order valence-corrected chi connectivity index (χ0v) is 17.2. The number of aromatic nitrogens is 1. The Balaban J connectivity index is 1.72. The first-order valence-electron chi connectivity index (χ1n) is 9.82. The molecule has 2 aromatic carbocycles. The van der Waals surface area contributed by atoms with Crippen LogP contribution in [0.1, 0.15) is 46.6 Å². The predicted octanol–water partition coefficient (Wildman–Crippen LogP) is 3.97. The molecule has 0 atom stereocenters. The summed E-state index contributed by atoms with van der Waals surface area (Å²) in [6, 6.07) is 11.5. The molecule has 0 amide bonds. The van der Waals surface area contributed by atoms with Gasteiger partial charge < -0.3 is 15.2 Å². The normalized spacial score (nSPS) is 17.7. The van der Waals surface area contributed by atoms with Gasteiger partial charge in [0.2, 0.25) is 0 Å². The fraction of sp³-hybridized carbons (Fsp3) is 0.304. The molecule has 2 aliphatic rings. The molecule has 1 aliphatic carbocycles. The van der Waals surface area contributed by atoms with E-state index >= 15 is 0 Å². The maximum atomic E-state index is 13.5. The number of anilines is 1. The topological polar surface area (TPSA) is 71.9 Å². The molecule has 1 saturated heterocycles. The number of nitrogens with one attached hydrogen (secondary N) is 2. The Morgan fingerprint density at radius 3 is 2.66 bits per heavy atom. The van der Waals surface area contributed by atoms with Gasteiger partial charge in [0.15, 0.2) is 5.78 Å². The Morgan fingerprint density at radius 2 is 1.93 bits per heavy atom. The lowest BCUT2D eigenvalue weighted by Crippen LogP contribution is -2.44. The van der Waals surface area contributed by atoms with Crippen LogP contribution in [0.5, 0.6) is 0 Å². The van der Waals surface area contributed by atoms with E-state index in [1.165, 1.54) is 0 Å². The molecule has 29 heavy (non-hydrogen) atoms. The molecule has 1 fully saturated rings. The first-order valence-corrected chi connectivity index (χ1v) is 10.2. The van der Waals surface area contributed by atoms with E-state index in [0.717, 1.165) is 54.0 Å². The van der Waals surface area contributed by atoms with Gasteiger partial charge in [-0.2, -0.15) is 5.26 Å². The fourth-order valence-corrected chi connectivity index (χ4v) is 4.94. The zero-order valence-electron chi connectivity index (χ0n) is 16.4. The number of carbonyl (C=O) groups is 1. The van der Waals surface area contributed by atoms with Crippen molar-refractivity contribution in [3.8, 4) is 6.07 Å². The minimum Gasteiger partial charge on any atom is -0.368 e. The molecule has 5 nitrogen and oxygen atoms in total. The maximum absolute atomic E-state index is 13.5. The summed E-state index contributed by atoms with van der Waals surface area (Å²) in [5, 5.41) is 14.1. The summed E-state index contributed by atoms with van der Waals surface area (Å²) < 4.78 is 0. The van der Waals surface area contributed by atoms with Crippen molar-refractivity contribution >= 4 is 34.0 Å². The van der Waals surface area contributed by atoms with Crippen molar-refractivity contribution in [2.75, 3.05) is 31.1 Å². The van der Waals surface area contributed by atoms with E-state index in [1.807, 2.05) is 12.1 Å². The lowest BCUT2D eigenvalue weighted by molar-refractivity contribution is 0.103. The SMILES string of the molecule is CC1(C)c2cc(N3CCNCC3)c(Cl)cc2C(=O)c2c1[nH]c1cc(C#N)ccc21. The van der Waals surface area contributed by atoms with Crippen molar-refractivity contribution in [3.63, 3.8) is 0 Å². The van der Waals surface area contributed by atoms with Crippen LogP contribution in [-0.2, 0) is 5.41 Å². The van der Waals surface area contributed by atoms with Crippen LogP contribution in [0.4, 0.5) is 5.69 Å². The molecular weight excluding hydrogens is 384 g/mol. The third-order valence-electron chi connectivity index (χ3n) is 6.24. The van der Waals surface area contributed by atoms with Gasteiger partial charge in [0, 0.05) is 53.8 Å². The average molecular weight is 405 g/mol. The standard InChI is InChI=1S/C23H21ClN4O/c1-23(2)16-11-19(28-7-5-26-6-8-28)17(24)10-15(16)21(29)20-14-4-3-13(12-25)9-18(14)27-22(20)23/h3-4,9-11,26-27H,5-8H2,1-2H3.